The second-order valence-electron chi connectivity index (χ2n) is 5.51. The number of rotatable bonds is 7. The predicted molar refractivity (Wildman–Crippen MR) is 108 cm³/mol. The Bertz CT molecular complexity index is 1070. The fraction of sp³-hybridized carbons (Fsp3) is 0.150. The highest BCUT2D eigenvalue weighted by Crippen LogP contribution is 2.32. The molecular formula is C20H17N3O4S. The van der Waals surface area contributed by atoms with E-state index in [1.165, 1.54) is 24.5 Å². The fourth-order valence-corrected chi connectivity index (χ4v) is 3.36. The number of thiazole rings is 1. The summed E-state index contributed by atoms with van der Waals surface area (Å²) in [4.78, 5) is 16.6. The number of para-hydroxylation sites is 1. The van der Waals surface area contributed by atoms with Crippen molar-refractivity contribution in [1.29, 1.82) is 5.26 Å². The van der Waals surface area contributed by atoms with Gasteiger partial charge in [0.2, 0.25) is 5.91 Å². The molecule has 1 amide bonds. The van der Waals surface area contributed by atoms with E-state index in [1.54, 1.807) is 31.4 Å². The molecule has 0 aliphatic rings. The average molecular weight is 395 g/mol. The van der Waals surface area contributed by atoms with Crippen LogP contribution in [0.4, 0.5) is 5.13 Å². The molecule has 7 nitrogen and oxygen atoms in total. The molecule has 0 aliphatic carbocycles. The average Bonchev–Trinajstić information content (AvgIpc) is 3.13. The molecule has 0 bridgehead atoms. The van der Waals surface area contributed by atoms with E-state index in [1.807, 2.05) is 24.3 Å². The maximum Gasteiger partial charge on any atom is 0.250 e. The number of benzene rings is 2. The molecule has 8 heteroatoms. The Morgan fingerprint density at radius 1 is 1.21 bits per heavy atom. The highest BCUT2D eigenvalue weighted by Gasteiger charge is 2.10. The van der Waals surface area contributed by atoms with Gasteiger partial charge in [0.1, 0.15) is 17.3 Å². The molecule has 0 spiro atoms. The lowest BCUT2D eigenvalue weighted by atomic mass is 10.2. The third-order valence-corrected chi connectivity index (χ3v) is 4.68. The van der Waals surface area contributed by atoms with Gasteiger partial charge in [-0.1, -0.05) is 23.5 Å². The lowest BCUT2D eigenvalue weighted by molar-refractivity contribution is -0.111. The Labute approximate surface area is 165 Å². The molecule has 1 aromatic heterocycles. The molecule has 0 atom stereocenters. The molecular weight excluding hydrogens is 378 g/mol. The van der Waals surface area contributed by atoms with E-state index < -0.39 is 0 Å². The topological polar surface area (TPSA) is 93.5 Å². The third-order valence-electron chi connectivity index (χ3n) is 3.74. The van der Waals surface area contributed by atoms with Gasteiger partial charge < -0.3 is 14.2 Å². The number of nitrogens with one attached hydrogen (secondary N) is 1. The largest absolute Gasteiger partial charge is 0.494 e. The summed E-state index contributed by atoms with van der Waals surface area (Å²) < 4.78 is 16.7. The molecule has 0 aliphatic heterocycles. The van der Waals surface area contributed by atoms with Crippen LogP contribution in [0.2, 0.25) is 0 Å². The predicted octanol–water partition coefficient (Wildman–Crippen LogP) is 3.87. The summed E-state index contributed by atoms with van der Waals surface area (Å²) in [6.45, 7) is -0.0685. The van der Waals surface area contributed by atoms with E-state index in [9.17, 15) is 4.79 Å². The molecule has 28 heavy (non-hydrogen) atoms. The first kappa shape index (κ1) is 19.2. The minimum Gasteiger partial charge on any atom is -0.494 e. The Hall–Kier alpha value is -3.57. The van der Waals surface area contributed by atoms with Crippen LogP contribution in [0.1, 0.15) is 5.56 Å². The van der Waals surface area contributed by atoms with Gasteiger partial charge in [0.25, 0.3) is 0 Å². The van der Waals surface area contributed by atoms with Crippen molar-refractivity contribution in [2.24, 2.45) is 0 Å². The van der Waals surface area contributed by atoms with Gasteiger partial charge in [-0.05, 0) is 35.9 Å². The van der Waals surface area contributed by atoms with Gasteiger partial charge in [-0.25, -0.2) is 4.98 Å². The number of hydrogen-bond acceptors (Lipinski definition) is 7. The SMILES string of the molecule is COc1cc(/C=C/C(=O)Nc2nc3c(OC)cccc3s2)ccc1OCC#N. The zero-order chi connectivity index (χ0) is 19.9. The van der Waals surface area contributed by atoms with Crippen LogP contribution >= 0.6 is 11.3 Å². The Morgan fingerprint density at radius 2 is 2.04 bits per heavy atom. The van der Waals surface area contributed by atoms with Crippen LogP contribution in [-0.2, 0) is 4.79 Å². The maximum absolute atomic E-state index is 12.2. The molecule has 3 rings (SSSR count). The molecule has 1 N–H and O–H groups in total. The van der Waals surface area contributed by atoms with E-state index in [0.29, 0.717) is 27.9 Å². The number of ether oxygens (including phenoxy) is 3. The van der Waals surface area contributed by atoms with Crippen molar-refractivity contribution in [1.82, 2.24) is 4.98 Å². The Morgan fingerprint density at radius 3 is 2.79 bits per heavy atom. The van der Waals surface area contributed by atoms with Crippen molar-refractivity contribution in [3.05, 3.63) is 48.0 Å². The van der Waals surface area contributed by atoms with Gasteiger partial charge in [-0.3, -0.25) is 10.1 Å². The minimum atomic E-state index is -0.304. The molecule has 0 saturated carbocycles. The Balaban J connectivity index is 1.71. The first-order valence-electron chi connectivity index (χ1n) is 8.25. The number of nitrogens with zero attached hydrogens (tertiary/aromatic N) is 2. The number of anilines is 1. The maximum atomic E-state index is 12.2. The van der Waals surface area contributed by atoms with Gasteiger partial charge in [-0.15, -0.1) is 0 Å². The molecule has 3 aromatic rings. The van der Waals surface area contributed by atoms with Crippen LogP contribution in [0.3, 0.4) is 0 Å². The summed E-state index contributed by atoms with van der Waals surface area (Å²) in [7, 11) is 3.09. The van der Waals surface area contributed by atoms with E-state index in [-0.39, 0.29) is 12.5 Å². The van der Waals surface area contributed by atoms with Crippen LogP contribution in [0.25, 0.3) is 16.3 Å². The smallest absolute Gasteiger partial charge is 0.250 e. The van der Waals surface area contributed by atoms with Crippen LogP contribution in [0, 0.1) is 11.3 Å². The van der Waals surface area contributed by atoms with E-state index in [0.717, 1.165) is 10.3 Å². The molecule has 0 fully saturated rings. The van der Waals surface area contributed by atoms with Gasteiger partial charge in [-0.2, -0.15) is 5.26 Å². The van der Waals surface area contributed by atoms with Crippen LogP contribution in [0.5, 0.6) is 17.2 Å². The number of methoxy groups -OCH3 is 2. The monoisotopic (exact) mass is 395 g/mol. The van der Waals surface area contributed by atoms with Crippen molar-refractivity contribution in [3.8, 4) is 23.3 Å². The normalized spacial score (nSPS) is 10.6. The standard InChI is InChI=1S/C20H17N3O4S/c1-25-15-4-3-5-17-19(15)23-20(28-17)22-18(24)9-7-13-6-8-14(27-11-10-21)16(12-13)26-2/h3-9,12H,11H2,1-2H3,(H,22,23,24)/b9-7+. The molecule has 0 saturated heterocycles. The zero-order valence-electron chi connectivity index (χ0n) is 15.3. The van der Waals surface area contributed by atoms with Gasteiger partial charge >= 0.3 is 0 Å². The van der Waals surface area contributed by atoms with Crippen LogP contribution in [-0.4, -0.2) is 31.7 Å². The number of amides is 1. The summed E-state index contributed by atoms with van der Waals surface area (Å²) in [5.74, 6) is 1.31. The van der Waals surface area contributed by atoms with Crippen molar-refractivity contribution in [2.75, 3.05) is 26.1 Å². The van der Waals surface area contributed by atoms with E-state index in [2.05, 4.69) is 10.3 Å². The minimum absolute atomic E-state index is 0.0685. The van der Waals surface area contributed by atoms with Crippen molar-refractivity contribution >= 4 is 38.7 Å². The fourth-order valence-electron chi connectivity index (χ4n) is 2.48. The number of aromatic nitrogens is 1. The number of fused-ring (bicyclic) bond motifs is 1. The quantitative estimate of drug-likeness (QED) is 0.611. The van der Waals surface area contributed by atoms with E-state index in [4.69, 9.17) is 19.5 Å². The summed E-state index contributed by atoms with van der Waals surface area (Å²) in [5.41, 5.74) is 1.47. The highest BCUT2D eigenvalue weighted by molar-refractivity contribution is 7.22. The number of hydrogen-bond donors (Lipinski definition) is 1. The van der Waals surface area contributed by atoms with Gasteiger partial charge in [0, 0.05) is 6.08 Å². The molecule has 2 aromatic carbocycles. The summed E-state index contributed by atoms with van der Waals surface area (Å²) in [6.07, 6.45) is 3.06. The van der Waals surface area contributed by atoms with Crippen molar-refractivity contribution in [3.63, 3.8) is 0 Å². The summed E-state index contributed by atoms with van der Waals surface area (Å²) in [6, 6.07) is 12.7. The Kier molecular flexibility index (Phi) is 6.09. The summed E-state index contributed by atoms with van der Waals surface area (Å²) in [5, 5.41) is 11.9. The zero-order valence-corrected chi connectivity index (χ0v) is 16.1. The second kappa shape index (κ2) is 8.88. The summed E-state index contributed by atoms with van der Waals surface area (Å²) >= 11 is 1.37. The molecule has 1 heterocycles. The molecule has 0 radical (unpaired) electrons. The van der Waals surface area contributed by atoms with Gasteiger partial charge in [0.05, 0.1) is 18.9 Å². The van der Waals surface area contributed by atoms with E-state index >= 15 is 0 Å². The lowest BCUT2D eigenvalue weighted by Crippen LogP contribution is -2.07. The lowest BCUT2D eigenvalue weighted by Gasteiger charge is -2.08. The number of nitriles is 1. The van der Waals surface area contributed by atoms with Crippen LogP contribution in [0.15, 0.2) is 42.5 Å². The van der Waals surface area contributed by atoms with Crippen molar-refractivity contribution < 1.29 is 19.0 Å². The highest BCUT2D eigenvalue weighted by atomic mass is 32.1. The molecule has 0 unspecified atom stereocenters. The molecule has 142 valence electrons. The van der Waals surface area contributed by atoms with Crippen molar-refractivity contribution in [2.45, 2.75) is 0 Å². The third kappa shape index (κ3) is 4.39. The van der Waals surface area contributed by atoms with Gasteiger partial charge in [0.15, 0.2) is 23.2 Å². The first-order chi connectivity index (χ1) is 13.6. The number of carbonyl (C=O) groups is 1. The number of carbonyl (C=O) groups excluding carboxylic acids is 1. The van der Waals surface area contributed by atoms with Crippen LogP contribution < -0.4 is 19.5 Å². The second-order valence-corrected chi connectivity index (χ2v) is 6.54. The first-order valence-corrected chi connectivity index (χ1v) is 9.06.